The van der Waals surface area contributed by atoms with Crippen LogP contribution in [-0.2, 0) is 6.42 Å². The third kappa shape index (κ3) is 2.99. The van der Waals surface area contributed by atoms with E-state index in [4.69, 9.17) is 11.6 Å². The van der Waals surface area contributed by atoms with E-state index in [2.05, 4.69) is 25.2 Å². The lowest BCUT2D eigenvalue weighted by atomic mass is 9.81. The SMILES string of the molecule is CCNCC(C)(Cc1ccc(Cl)s1)C1CC1. The predicted octanol–water partition coefficient (Wildman–Crippen LogP) is 3.97. The smallest absolute Gasteiger partial charge is 0.0931 e. The summed E-state index contributed by atoms with van der Waals surface area (Å²) in [5.74, 6) is 0.910. The molecule has 1 N–H and O–H groups in total. The Balaban J connectivity index is 2.01. The lowest BCUT2D eigenvalue weighted by Gasteiger charge is -2.29. The Labute approximate surface area is 107 Å². The van der Waals surface area contributed by atoms with Gasteiger partial charge in [-0.05, 0) is 49.3 Å². The number of hydrogen-bond donors (Lipinski definition) is 1. The fraction of sp³-hybridized carbons (Fsp3) is 0.692. The van der Waals surface area contributed by atoms with E-state index in [1.165, 1.54) is 24.1 Å². The highest BCUT2D eigenvalue weighted by Gasteiger charge is 2.41. The van der Waals surface area contributed by atoms with E-state index in [0.717, 1.165) is 23.3 Å². The monoisotopic (exact) mass is 257 g/mol. The molecule has 1 nitrogen and oxygen atoms in total. The van der Waals surface area contributed by atoms with Crippen LogP contribution in [0.4, 0.5) is 0 Å². The third-order valence-electron chi connectivity index (χ3n) is 3.55. The van der Waals surface area contributed by atoms with Crippen LogP contribution in [0.25, 0.3) is 0 Å². The van der Waals surface area contributed by atoms with Gasteiger partial charge in [-0.25, -0.2) is 0 Å². The van der Waals surface area contributed by atoms with Crippen LogP contribution in [-0.4, -0.2) is 13.1 Å². The summed E-state index contributed by atoms with van der Waals surface area (Å²) in [6.45, 7) is 6.79. The Bertz CT molecular complexity index is 345. The summed E-state index contributed by atoms with van der Waals surface area (Å²) in [5, 5.41) is 3.51. The first-order valence-electron chi connectivity index (χ1n) is 6.09. The van der Waals surface area contributed by atoms with Gasteiger partial charge in [0.05, 0.1) is 4.34 Å². The molecule has 0 bridgehead atoms. The zero-order valence-corrected chi connectivity index (χ0v) is 11.6. The van der Waals surface area contributed by atoms with Gasteiger partial charge in [0.1, 0.15) is 0 Å². The maximum absolute atomic E-state index is 5.99. The second kappa shape index (κ2) is 5.07. The van der Waals surface area contributed by atoms with E-state index in [1.54, 1.807) is 11.3 Å². The van der Waals surface area contributed by atoms with Crippen LogP contribution < -0.4 is 5.32 Å². The van der Waals surface area contributed by atoms with Gasteiger partial charge in [-0.1, -0.05) is 25.4 Å². The molecule has 0 radical (unpaired) electrons. The third-order valence-corrected chi connectivity index (χ3v) is 4.78. The first-order valence-corrected chi connectivity index (χ1v) is 7.28. The zero-order chi connectivity index (χ0) is 11.6. The van der Waals surface area contributed by atoms with Crippen molar-refractivity contribution in [2.75, 3.05) is 13.1 Å². The van der Waals surface area contributed by atoms with Gasteiger partial charge in [0, 0.05) is 11.4 Å². The highest BCUT2D eigenvalue weighted by Crippen LogP contribution is 2.47. The summed E-state index contributed by atoms with van der Waals surface area (Å²) < 4.78 is 0.914. The molecule has 1 heterocycles. The molecular formula is C13H20ClNS. The summed E-state index contributed by atoms with van der Waals surface area (Å²) >= 11 is 7.72. The molecule has 90 valence electrons. The van der Waals surface area contributed by atoms with E-state index in [1.807, 2.05) is 6.07 Å². The standard InChI is InChI=1S/C13H20ClNS/c1-3-15-9-13(2,10-4-5-10)8-11-6-7-12(14)16-11/h6-7,10,15H,3-5,8-9H2,1-2H3. The molecule has 1 atom stereocenters. The molecule has 1 saturated carbocycles. The Hall–Kier alpha value is -0.0500. The molecule has 16 heavy (non-hydrogen) atoms. The van der Waals surface area contributed by atoms with Gasteiger partial charge in [0.2, 0.25) is 0 Å². The fourth-order valence-electron chi connectivity index (χ4n) is 2.39. The van der Waals surface area contributed by atoms with E-state index >= 15 is 0 Å². The van der Waals surface area contributed by atoms with Crippen molar-refractivity contribution in [3.63, 3.8) is 0 Å². The lowest BCUT2D eigenvalue weighted by Crippen LogP contribution is -2.35. The van der Waals surface area contributed by atoms with Crippen molar-refractivity contribution in [3.8, 4) is 0 Å². The van der Waals surface area contributed by atoms with E-state index in [9.17, 15) is 0 Å². The van der Waals surface area contributed by atoms with Crippen molar-refractivity contribution in [2.45, 2.75) is 33.1 Å². The zero-order valence-electron chi connectivity index (χ0n) is 10.1. The summed E-state index contributed by atoms with van der Waals surface area (Å²) in [6, 6.07) is 4.20. The molecule has 1 aromatic heterocycles. The van der Waals surface area contributed by atoms with Crippen LogP contribution in [0.5, 0.6) is 0 Å². The predicted molar refractivity (Wildman–Crippen MR) is 72.4 cm³/mol. The van der Waals surface area contributed by atoms with Crippen LogP contribution in [0.3, 0.4) is 0 Å². The molecule has 1 aliphatic carbocycles. The minimum atomic E-state index is 0.421. The molecule has 1 unspecified atom stereocenters. The molecule has 1 fully saturated rings. The molecule has 1 aliphatic rings. The summed E-state index contributed by atoms with van der Waals surface area (Å²) in [5.41, 5.74) is 0.421. The molecule has 0 amide bonds. The fourth-order valence-corrected chi connectivity index (χ4v) is 3.67. The van der Waals surface area contributed by atoms with Crippen molar-refractivity contribution in [3.05, 3.63) is 21.3 Å². The van der Waals surface area contributed by atoms with Crippen LogP contribution in [0.15, 0.2) is 12.1 Å². The Kier molecular flexibility index (Phi) is 3.93. The number of halogens is 1. The van der Waals surface area contributed by atoms with Gasteiger partial charge >= 0.3 is 0 Å². The van der Waals surface area contributed by atoms with E-state index < -0.39 is 0 Å². The highest BCUT2D eigenvalue weighted by atomic mass is 35.5. The largest absolute Gasteiger partial charge is 0.316 e. The molecule has 3 heteroatoms. The maximum Gasteiger partial charge on any atom is 0.0931 e. The summed E-state index contributed by atoms with van der Waals surface area (Å²) in [7, 11) is 0. The van der Waals surface area contributed by atoms with Gasteiger partial charge in [0.25, 0.3) is 0 Å². The number of rotatable bonds is 6. The van der Waals surface area contributed by atoms with Crippen molar-refractivity contribution in [2.24, 2.45) is 11.3 Å². The molecule has 0 saturated heterocycles. The Morgan fingerprint density at radius 2 is 2.25 bits per heavy atom. The lowest BCUT2D eigenvalue weighted by molar-refractivity contribution is 0.260. The van der Waals surface area contributed by atoms with Crippen molar-refractivity contribution in [1.29, 1.82) is 0 Å². The first kappa shape index (κ1) is 12.4. The minimum Gasteiger partial charge on any atom is -0.316 e. The normalized spacial score (nSPS) is 19.7. The average Bonchev–Trinajstić information content (AvgIpc) is 3.02. The molecule has 1 aromatic rings. The maximum atomic E-state index is 5.99. The minimum absolute atomic E-state index is 0.421. The highest BCUT2D eigenvalue weighted by molar-refractivity contribution is 7.16. The molecule has 0 aliphatic heterocycles. The Morgan fingerprint density at radius 1 is 1.50 bits per heavy atom. The van der Waals surface area contributed by atoms with Gasteiger partial charge in [0.15, 0.2) is 0 Å². The van der Waals surface area contributed by atoms with Crippen molar-refractivity contribution < 1.29 is 0 Å². The second-order valence-corrected chi connectivity index (χ2v) is 6.89. The van der Waals surface area contributed by atoms with Crippen LogP contribution in [0.2, 0.25) is 4.34 Å². The summed E-state index contributed by atoms with van der Waals surface area (Å²) in [4.78, 5) is 1.43. The first-order chi connectivity index (χ1) is 7.64. The quantitative estimate of drug-likeness (QED) is 0.813. The molecular weight excluding hydrogens is 238 g/mol. The molecule has 0 spiro atoms. The van der Waals surface area contributed by atoms with Crippen LogP contribution in [0, 0.1) is 11.3 Å². The second-order valence-electron chi connectivity index (χ2n) is 5.09. The van der Waals surface area contributed by atoms with Gasteiger partial charge < -0.3 is 5.32 Å². The van der Waals surface area contributed by atoms with Gasteiger partial charge in [-0.15, -0.1) is 11.3 Å². The van der Waals surface area contributed by atoms with Crippen LogP contribution >= 0.6 is 22.9 Å². The average molecular weight is 258 g/mol. The van der Waals surface area contributed by atoms with E-state index in [-0.39, 0.29) is 0 Å². The van der Waals surface area contributed by atoms with E-state index in [0.29, 0.717) is 5.41 Å². The van der Waals surface area contributed by atoms with Crippen molar-refractivity contribution >= 4 is 22.9 Å². The van der Waals surface area contributed by atoms with Gasteiger partial charge in [-0.3, -0.25) is 0 Å². The summed E-state index contributed by atoms with van der Waals surface area (Å²) in [6.07, 6.45) is 3.98. The Morgan fingerprint density at radius 3 is 2.75 bits per heavy atom. The van der Waals surface area contributed by atoms with Gasteiger partial charge in [-0.2, -0.15) is 0 Å². The number of thiophene rings is 1. The number of hydrogen-bond acceptors (Lipinski definition) is 2. The molecule has 0 aromatic carbocycles. The van der Waals surface area contributed by atoms with Crippen LogP contribution in [0.1, 0.15) is 31.6 Å². The number of nitrogens with one attached hydrogen (secondary N) is 1. The molecule has 2 rings (SSSR count). The van der Waals surface area contributed by atoms with Crippen molar-refractivity contribution in [1.82, 2.24) is 5.32 Å². The topological polar surface area (TPSA) is 12.0 Å².